The van der Waals surface area contributed by atoms with Gasteiger partial charge in [-0.15, -0.1) is 0 Å². The lowest BCUT2D eigenvalue weighted by molar-refractivity contribution is -0.174. The number of aryl methyl sites for hydroxylation is 2. The zero-order chi connectivity index (χ0) is 18.9. The number of carbonyl (C=O) groups is 1. The fourth-order valence-electron chi connectivity index (χ4n) is 2.50. The molecule has 138 valence electrons. The van der Waals surface area contributed by atoms with Crippen LogP contribution >= 0.6 is 0 Å². The Balaban J connectivity index is 1.76. The summed E-state index contributed by atoms with van der Waals surface area (Å²) in [6.45, 7) is 0. The van der Waals surface area contributed by atoms with Gasteiger partial charge in [0, 0.05) is 44.9 Å². The lowest BCUT2D eigenvalue weighted by Gasteiger charge is -2.20. The first-order valence-electron chi connectivity index (χ1n) is 7.63. The Morgan fingerprint density at radius 2 is 2.04 bits per heavy atom. The van der Waals surface area contributed by atoms with Gasteiger partial charge < -0.3 is 9.88 Å². The second-order valence-electron chi connectivity index (χ2n) is 5.70. The Morgan fingerprint density at radius 3 is 2.62 bits per heavy atom. The molecule has 0 fully saturated rings. The van der Waals surface area contributed by atoms with Crippen molar-refractivity contribution in [3.05, 3.63) is 36.9 Å². The molecule has 3 rings (SSSR count). The molecule has 0 unspecified atom stereocenters. The largest absolute Gasteiger partial charge is 0.411 e. The third kappa shape index (κ3) is 3.60. The van der Waals surface area contributed by atoms with E-state index in [1.54, 1.807) is 37.1 Å². The van der Waals surface area contributed by atoms with E-state index in [0.717, 1.165) is 4.68 Å². The Bertz CT molecular complexity index is 895. The summed E-state index contributed by atoms with van der Waals surface area (Å²) in [6, 6.07) is 0.882. The maximum absolute atomic E-state index is 13.2. The van der Waals surface area contributed by atoms with Gasteiger partial charge in [-0.25, -0.2) is 4.98 Å². The molecular formula is C15H16F3N7O. The highest BCUT2D eigenvalue weighted by molar-refractivity contribution is 5.90. The number of carbonyl (C=O) groups excluding carboxylic acids is 1. The highest BCUT2D eigenvalue weighted by Gasteiger charge is 2.42. The monoisotopic (exact) mass is 367 g/mol. The van der Waals surface area contributed by atoms with Crippen LogP contribution in [0.1, 0.15) is 12.5 Å². The van der Waals surface area contributed by atoms with Crippen LogP contribution in [0.3, 0.4) is 0 Å². The Labute approximate surface area is 146 Å². The molecule has 11 heteroatoms. The van der Waals surface area contributed by atoms with Gasteiger partial charge in [-0.3, -0.25) is 14.2 Å². The number of aromatic nitrogens is 6. The molecule has 0 aliphatic carbocycles. The van der Waals surface area contributed by atoms with Crippen molar-refractivity contribution in [3.8, 4) is 11.5 Å². The van der Waals surface area contributed by atoms with Crippen LogP contribution < -0.4 is 5.32 Å². The molecule has 3 aromatic heterocycles. The molecule has 3 heterocycles. The number of hydrogen-bond acceptors (Lipinski definition) is 4. The number of amides is 1. The minimum atomic E-state index is -4.60. The summed E-state index contributed by atoms with van der Waals surface area (Å²) in [6.07, 6.45) is 0.341. The topological polar surface area (TPSA) is 82.6 Å². The van der Waals surface area contributed by atoms with Gasteiger partial charge in [0.25, 0.3) is 0 Å². The molecule has 1 N–H and O–H groups in total. The van der Waals surface area contributed by atoms with Crippen molar-refractivity contribution < 1.29 is 18.0 Å². The molecule has 0 bridgehead atoms. The Kier molecular flexibility index (Phi) is 4.53. The number of nitrogens with one attached hydrogen (secondary N) is 1. The van der Waals surface area contributed by atoms with E-state index < -0.39 is 24.5 Å². The van der Waals surface area contributed by atoms with Crippen molar-refractivity contribution in [1.82, 2.24) is 29.1 Å². The fraction of sp³-hybridized carbons (Fsp3) is 0.333. The molecule has 0 aliphatic rings. The molecular weight excluding hydrogens is 351 g/mol. The van der Waals surface area contributed by atoms with Gasteiger partial charge in [-0.1, -0.05) is 0 Å². The molecule has 0 saturated heterocycles. The van der Waals surface area contributed by atoms with E-state index in [4.69, 9.17) is 0 Å². The predicted molar refractivity (Wildman–Crippen MR) is 86.0 cm³/mol. The first kappa shape index (κ1) is 17.7. The van der Waals surface area contributed by atoms with Crippen LogP contribution in [0.4, 0.5) is 19.0 Å². The molecule has 8 nitrogen and oxygen atoms in total. The number of imidazole rings is 1. The minimum Gasteiger partial charge on any atom is -0.333 e. The minimum absolute atomic E-state index is 0.273. The van der Waals surface area contributed by atoms with Gasteiger partial charge in [-0.2, -0.15) is 23.4 Å². The zero-order valence-electron chi connectivity index (χ0n) is 14.0. The summed E-state index contributed by atoms with van der Waals surface area (Å²) in [7, 11) is 3.37. The van der Waals surface area contributed by atoms with Crippen molar-refractivity contribution in [2.24, 2.45) is 14.1 Å². The van der Waals surface area contributed by atoms with Gasteiger partial charge in [0.05, 0.1) is 6.42 Å². The van der Waals surface area contributed by atoms with Gasteiger partial charge >= 0.3 is 6.18 Å². The van der Waals surface area contributed by atoms with Crippen LogP contribution in [0.2, 0.25) is 0 Å². The lowest BCUT2D eigenvalue weighted by Crippen LogP contribution is -2.31. The average Bonchev–Trinajstić information content (AvgIpc) is 3.26. The van der Waals surface area contributed by atoms with E-state index in [1.807, 2.05) is 0 Å². The van der Waals surface area contributed by atoms with E-state index in [9.17, 15) is 18.0 Å². The van der Waals surface area contributed by atoms with Crippen molar-refractivity contribution in [2.75, 3.05) is 5.32 Å². The molecule has 1 atom stereocenters. The quantitative estimate of drug-likeness (QED) is 0.749. The molecule has 0 saturated carbocycles. The van der Waals surface area contributed by atoms with Crippen LogP contribution in [-0.2, 0) is 18.9 Å². The smallest absolute Gasteiger partial charge is 0.333 e. The summed E-state index contributed by atoms with van der Waals surface area (Å²) in [5.74, 6) is 0.0532. The highest BCUT2D eigenvalue weighted by atomic mass is 19.4. The number of nitrogens with zero attached hydrogens (tertiary/aromatic N) is 6. The number of anilines is 1. The average molecular weight is 367 g/mol. The summed E-state index contributed by atoms with van der Waals surface area (Å²) in [4.78, 5) is 16.3. The number of rotatable bonds is 5. The van der Waals surface area contributed by atoms with Gasteiger partial charge in [0.15, 0.2) is 11.9 Å². The van der Waals surface area contributed by atoms with Crippen molar-refractivity contribution >= 4 is 11.7 Å². The van der Waals surface area contributed by atoms with E-state index >= 15 is 0 Å². The number of halogens is 3. The van der Waals surface area contributed by atoms with Crippen molar-refractivity contribution in [2.45, 2.75) is 18.6 Å². The standard InChI is InChI=1S/C15H16F3N7O/c1-23-7-5-19-14(23)10-8-12(24(2)22-10)21-13(26)9-11(15(16,17)18)25-6-3-4-20-25/h3-8,11H,9H2,1-2H3,(H,21,26)/t11-/m0/s1. The molecule has 0 aliphatic heterocycles. The van der Waals surface area contributed by atoms with Gasteiger partial charge in [-0.05, 0) is 6.07 Å². The van der Waals surface area contributed by atoms with Gasteiger partial charge in [0.2, 0.25) is 5.91 Å². The lowest BCUT2D eigenvalue weighted by atomic mass is 10.2. The van der Waals surface area contributed by atoms with Crippen LogP contribution in [0.15, 0.2) is 36.9 Å². The van der Waals surface area contributed by atoms with E-state index in [1.165, 1.54) is 23.1 Å². The maximum atomic E-state index is 13.2. The van der Waals surface area contributed by atoms with Crippen LogP contribution in [0, 0.1) is 0 Å². The summed E-state index contributed by atoms with van der Waals surface area (Å²) < 4.78 is 43.5. The summed E-state index contributed by atoms with van der Waals surface area (Å²) >= 11 is 0. The second-order valence-corrected chi connectivity index (χ2v) is 5.70. The highest BCUT2D eigenvalue weighted by Crippen LogP contribution is 2.33. The molecule has 0 radical (unpaired) electrons. The first-order chi connectivity index (χ1) is 12.3. The first-order valence-corrected chi connectivity index (χ1v) is 7.63. The van der Waals surface area contributed by atoms with E-state index in [-0.39, 0.29) is 5.82 Å². The summed E-state index contributed by atoms with van der Waals surface area (Å²) in [5.41, 5.74) is 0.495. The third-order valence-electron chi connectivity index (χ3n) is 3.80. The molecule has 0 aromatic carbocycles. The molecule has 26 heavy (non-hydrogen) atoms. The third-order valence-corrected chi connectivity index (χ3v) is 3.80. The zero-order valence-corrected chi connectivity index (χ0v) is 14.0. The van der Waals surface area contributed by atoms with Crippen molar-refractivity contribution in [3.63, 3.8) is 0 Å². The molecule has 1 amide bonds. The van der Waals surface area contributed by atoms with Crippen LogP contribution in [-0.4, -0.2) is 41.2 Å². The molecule has 3 aromatic rings. The number of hydrogen-bond donors (Lipinski definition) is 1. The Hall–Kier alpha value is -3.11. The van der Waals surface area contributed by atoms with Crippen LogP contribution in [0.25, 0.3) is 11.5 Å². The maximum Gasteiger partial charge on any atom is 0.411 e. The normalized spacial score (nSPS) is 13.0. The molecule has 0 spiro atoms. The fourth-order valence-corrected chi connectivity index (χ4v) is 2.50. The summed E-state index contributed by atoms with van der Waals surface area (Å²) in [5, 5.41) is 10.3. The SMILES string of the molecule is Cn1ccnc1-c1cc(NC(=O)C[C@H](n2cccn2)C(F)(F)F)n(C)n1. The second kappa shape index (κ2) is 6.65. The van der Waals surface area contributed by atoms with E-state index in [2.05, 4.69) is 20.5 Å². The van der Waals surface area contributed by atoms with E-state index in [0.29, 0.717) is 11.5 Å². The Morgan fingerprint density at radius 1 is 1.27 bits per heavy atom. The number of alkyl halides is 3. The van der Waals surface area contributed by atoms with Crippen LogP contribution in [0.5, 0.6) is 0 Å². The predicted octanol–water partition coefficient (Wildman–Crippen LogP) is 2.15. The van der Waals surface area contributed by atoms with Crippen molar-refractivity contribution in [1.29, 1.82) is 0 Å². The van der Waals surface area contributed by atoms with Gasteiger partial charge in [0.1, 0.15) is 11.5 Å².